The second-order valence-corrected chi connectivity index (χ2v) is 5.71. The molecule has 0 aliphatic carbocycles. The fourth-order valence-electron chi connectivity index (χ4n) is 2.29. The van der Waals surface area contributed by atoms with E-state index in [0.717, 1.165) is 17.1 Å². The maximum atomic E-state index is 5.43. The van der Waals surface area contributed by atoms with Crippen molar-refractivity contribution in [2.24, 2.45) is 0 Å². The van der Waals surface area contributed by atoms with Crippen LogP contribution in [0.3, 0.4) is 0 Å². The van der Waals surface area contributed by atoms with Crippen LogP contribution in [0.15, 0.2) is 18.2 Å². The zero-order chi connectivity index (χ0) is 13.0. The number of rotatable bonds is 5. The van der Waals surface area contributed by atoms with Crippen molar-refractivity contribution in [3.8, 4) is 11.5 Å². The van der Waals surface area contributed by atoms with Crippen molar-refractivity contribution >= 4 is 11.8 Å². The fraction of sp³-hybridized carbons (Fsp3) is 0.571. The molecule has 2 atom stereocenters. The lowest BCUT2D eigenvalue weighted by Gasteiger charge is -2.21. The lowest BCUT2D eigenvalue weighted by atomic mass is 10.1. The molecule has 0 aromatic heterocycles. The van der Waals surface area contributed by atoms with Gasteiger partial charge in [-0.1, -0.05) is 0 Å². The minimum atomic E-state index is 0.277. The van der Waals surface area contributed by atoms with Crippen LogP contribution in [0.1, 0.15) is 24.9 Å². The smallest absolute Gasteiger partial charge is 0.123 e. The molecule has 2 rings (SSSR count). The number of methoxy groups -OCH3 is 2. The lowest BCUT2D eigenvalue weighted by Crippen LogP contribution is -2.31. The maximum Gasteiger partial charge on any atom is 0.123 e. The molecule has 4 heteroatoms. The highest BCUT2D eigenvalue weighted by Gasteiger charge is 2.20. The van der Waals surface area contributed by atoms with Gasteiger partial charge in [-0.15, -0.1) is 0 Å². The van der Waals surface area contributed by atoms with E-state index in [1.807, 2.05) is 23.9 Å². The van der Waals surface area contributed by atoms with Gasteiger partial charge in [-0.3, -0.25) is 0 Å². The Morgan fingerprint density at radius 1 is 1.33 bits per heavy atom. The predicted molar refractivity (Wildman–Crippen MR) is 76.8 cm³/mol. The molecule has 0 radical (unpaired) electrons. The van der Waals surface area contributed by atoms with Gasteiger partial charge in [-0.2, -0.15) is 11.8 Å². The zero-order valence-electron chi connectivity index (χ0n) is 11.2. The minimum Gasteiger partial charge on any atom is -0.497 e. The van der Waals surface area contributed by atoms with E-state index in [9.17, 15) is 0 Å². The van der Waals surface area contributed by atoms with Gasteiger partial charge in [0.1, 0.15) is 11.5 Å². The average molecular weight is 267 g/mol. The van der Waals surface area contributed by atoms with E-state index in [1.54, 1.807) is 14.2 Å². The van der Waals surface area contributed by atoms with Crippen molar-refractivity contribution in [1.82, 2.24) is 5.32 Å². The molecule has 100 valence electrons. The number of nitrogens with one attached hydrogen (secondary N) is 1. The van der Waals surface area contributed by atoms with Crippen LogP contribution < -0.4 is 14.8 Å². The van der Waals surface area contributed by atoms with Gasteiger partial charge in [0.15, 0.2) is 0 Å². The highest BCUT2D eigenvalue weighted by atomic mass is 32.2. The SMILES string of the molecule is COc1ccc(OC)c(C(C)NC2CCSC2)c1. The molecule has 1 aliphatic heterocycles. The third-order valence-corrected chi connectivity index (χ3v) is 4.48. The molecule has 1 heterocycles. The highest BCUT2D eigenvalue weighted by molar-refractivity contribution is 7.99. The summed E-state index contributed by atoms with van der Waals surface area (Å²) in [5, 5.41) is 3.66. The van der Waals surface area contributed by atoms with E-state index in [4.69, 9.17) is 9.47 Å². The Hall–Kier alpha value is -0.870. The summed E-state index contributed by atoms with van der Waals surface area (Å²) in [4.78, 5) is 0. The first-order chi connectivity index (χ1) is 8.74. The molecule has 0 amide bonds. The molecule has 0 spiro atoms. The largest absolute Gasteiger partial charge is 0.497 e. The molecule has 1 N–H and O–H groups in total. The molecule has 1 saturated heterocycles. The molecule has 18 heavy (non-hydrogen) atoms. The van der Waals surface area contributed by atoms with Crippen LogP contribution in [0.25, 0.3) is 0 Å². The van der Waals surface area contributed by atoms with Gasteiger partial charge in [0, 0.05) is 23.4 Å². The van der Waals surface area contributed by atoms with Gasteiger partial charge >= 0.3 is 0 Å². The van der Waals surface area contributed by atoms with Gasteiger partial charge in [0.05, 0.1) is 14.2 Å². The van der Waals surface area contributed by atoms with Crippen LogP contribution in [0, 0.1) is 0 Å². The summed E-state index contributed by atoms with van der Waals surface area (Å²) in [5.74, 6) is 4.26. The Bertz CT molecular complexity index is 391. The number of benzene rings is 1. The molecule has 3 nitrogen and oxygen atoms in total. The summed E-state index contributed by atoms with van der Waals surface area (Å²) in [5.41, 5.74) is 1.16. The fourth-order valence-corrected chi connectivity index (χ4v) is 3.45. The Labute approximate surface area is 113 Å². The van der Waals surface area contributed by atoms with Crippen LogP contribution in [0.2, 0.25) is 0 Å². The Morgan fingerprint density at radius 2 is 2.17 bits per heavy atom. The standard InChI is InChI=1S/C14H21NO2S/c1-10(15-11-6-7-18-9-11)13-8-12(16-2)4-5-14(13)17-3/h4-5,8,10-11,15H,6-7,9H2,1-3H3. The average Bonchev–Trinajstić information content (AvgIpc) is 2.90. The van der Waals surface area contributed by atoms with Crippen LogP contribution >= 0.6 is 11.8 Å². The minimum absolute atomic E-state index is 0.277. The summed E-state index contributed by atoms with van der Waals surface area (Å²) in [6.45, 7) is 2.18. The molecule has 1 aliphatic rings. The monoisotopic (exact) mass is 267 g/mol. The molecule has 0 saturated carbocycles. The van der Waals surface area contributed by atoms with Crippen LogP contribution in [0.4, 0.5) is 0 Å². The van der Waals surface area contributed by atoms with Crippen molar-refractivity contribution in [2.45, 2.75) is 25.4 Å². The van der Waals surface area contributed by atoms with Crippen LogP contribution in [-0.2, 0) is 0 Å². The lowest BCUT2D eigenvalue weighted by molar-refractivity contribution is 0.387. The number of thioether (sulfide) groups is 1. The van der Waals surface area contributed by atoms with E-state index in [-0.39, 0.29) is 6.04 Å². The number of hydrogen-bond donors (Lipinski definition) is 1. The predicted octanol–water partition coefficient (Wildman–Crippen LogP) is 2.86. The second kappa shape index (κ2) is 6.34. The number of ether oxygens (including phenoxy) is 2. The normalized spacial score (nSPS) is 20.7. The van der Waals surface area contributed by atoms with E-state index in [2.05, 4.69) is 18.3 Å². The van der Waals surface area contributed by atoms with Gasteiger partial charge in [0.2, 0.25) is 0 Å². The summed E-state index contributed by atoms with van der Waals surface area (Å²) in [6, 6.07) is 6.84. The third-order valence-electron chi connectivity index (χ3n) is 3.32. The van der Waals surface area contributed by atoms with E-state index < -0.39 is 0 Å². The summed E-state index contributed by atoms with van der Waals surface area (Å²) in [7, 11) is 3.40. The first kappa shape index (κ1) is 13.6. The van der Waals surface area contributed by atoms with Gasteiger partial charge in [0.25, 0.3) is 0 Å². The first-order valence-corrected chi connectivity index (χ1v) is 7.45. The second-order valence-electron chi connectivity index (χ2n) is 4.56. The molecular weight excluding hydrogens is 246 g/mol. The molecule has 1 aromatic carbocycles. The molecule has 0 bridgehead atoms. The van der Waals surface area contributed by atoms with E-state index in [0.29, 0.717) is 6.04 Å². The molecule has 2 unspecified atom stereocenters. The first-order valence-electron chi connectivity index (χ1n) is 6.30. The van der Waals surface area contributed by atoms with Crippen molar-refractivity contribution in [3.05, 3.63) is 23.8 Å². The summed E-state index contributed by atoms with van der Waals surface area (Å²) in [6.07, 6.45) is 1.25. The summed E-state index contributed by atoms with van der Waals surface area (Å²) < 4.78 is 10.7. The zero-order valence-corrected chi connectivity index (χ0v) is 12.0. The Morgan fingerprint density at radius 3 is 2.78 bits per heavy atom. The van der Waals surface area contributed by atoms with Crippen LogP contribution in [-0.4, -0.2) is 31.8 Å². The number of hydrogen-bond acceptors (Lipinski definition) is 4. The topological polar surface area (TPSA) is 30.5 Å². The Kier molecular flexibility index (Phi) is 4.78. The summed E-state index contributed by atoms with van der Waals surface area (Å²) >= 11 is 2.02. The molecular formula is C14H21NO2S. The van der Waals surface area contributed by atoms with Gasteiger partial charge in [-0.05, 0) is 37.3 Å². The van der Waals surface area contributed by atoms with Gasteiger partial charge < -0.3 is 14.8 Å². The van der Waals surface area contributed by atoms with Crippen molar-refractivity contribution in [1.29, 1.82) is 0 Å². The molecule has 1 fully saturated rings. The quantitative estimate of drug-likeness (QED) is 0.888. The van der Waals surface area contributed by atoms with E-state index in [1.165, 1.54) is 17.9 Å². The van der Waals surface area contributed by atoms with Crippen LogP contribution in [0.5, 0.6) is 11.5 Å². The van der Waals surface area contributed by atoms with Crippen molar-refractivity contribution in [2.75, 3.05) is 25.7 Å². The maximum absolute atomic E-state index is 5.43. The van der Waals surface area contributed by atoms with Crippen molar-refractivity contribution < 1.29 is 9.47 Å². The Balaban J connectivity index is 2.13. The molecule has 1 aromatic rings. The van der Waals surface area contributed by atoms with Crippen molar-refractivity contribution in [3.63, 3.8) is 0 Å². The van der Waals surface area contributed by atoms with E-state index >= 15 is 0 Å². The highest BCUT2D eigenvalue weighted by Crippen LogP contribution is 2.30. The third kappa shape index (κ3) is 3.12. The van der Waals surface area contributed by atoms with Gasteiger partial charge in [-0.25, -0.2) is 0 Å².